The Kier molecular flexibility index (Phi) is 5.57. The first-order chi connectivity index (χ1) is 7.99. The molecule has 1 unspecified atom stereocenters. The fourth-order valence-corrected chi connectivity index (χ4v) is 2.33. The zero-order chi connectivity index (χ0) is 13.0. The van der Waals surface area contributed by atoms with Crippen LogP contribution in [0.25, 0.3) is 0 Å². The summed E-state index contributed by atoms with van der Waals surface area (Å²) in [5, 5.41) is 10.8. The third kappa shape index (κ3) is 3.77. The molecule has 0 saturated carbocycles. The van der Waals surface area contributed by atoms with E-state index in [4.69, 9.17) is 23.2 Å². The number of hydrogen-bond donors (Lipinski definition) is 1. The molecule has 0 aromatic heterocycles. The van der Waals surface area contributed by atoms with Crippen LogP contribution in [-0.2, 0) is 6.54 Å². The lowest BCUT2D eigenvalue weighted by Crippen LogP contribution is -2.31. The number of nitrogens with zero attached hydrogens (tertiary/aromatic N) is 1. The van der Waals surface area contributed by atoms with Crippen molar-refractivity contribution < 1.29 is 5.11 Å². The van der Waals surface area contributed by atoms with Crippen LogP contribution >= 0.6 is 23.2 Å². The van der Waals surface area contributed by atoms with Crippen molar-refractivity contribution in [2.45, 2.75) is 39.8 Å². The van der Waals surface area contributed by atoms with Crippen LogP contribution in [0.4, 0.5) is 0 Å². The van der Waals surface area contributed by atoms with E-state index in [0.717, 1.165) is 18.5 Å². The third-order valence-electron chi connectivity index (χ3n) is 3.10. The summed E-state index contributed by atoms with van der Waals surface area (Å²) in [4.78, 5) is 2.28. The van der Waals surface area contributed by atoms with Gasteiger partial charge in [-0.3, -0.25) is 4.90 Å². The number of benzene rings is 1. The largest absolute Gasteiger partial charge is 0.506 e. The molecular formula is C13H19Cl2NO. The fourth-order valence-electron chi connectivity index (χ4n) is 1.80. The summed E-state index contributed by atoms with van der Waals surface area (Å²) in [7, 11) is 0. The second kappa shape index (κ2) is 6.48. The number of hydrogen-bond acceptors (Lipinski definition) is 2. The molecule has 4 heteroatoms. The molecule has 0 radical (unpaired) electrons. The van der Waals surface area contributed by atoms with E-state index in [9.17, 15) is 5.11 Å². The third-order valence-corrected chi connectivity index (χ3v) is 3.61. The summed E-state index contributed by atoms with van der Waals surface area (Å²) in [6.07, 6.45) is 1.07. The van der Waals surface area contributed by atoms with Crippen molar-refractivity contribution in [3.05, 3.63) is 27.7 Å². The van der Waals surface area contributed by atoms with Gasteiger partial charge in [-0.1, -0.05) is 37.0 Å². The first-order valence-electron chi connectivity index (χ1n) is 5.90. The molecule has 1 aromatic carbocycles. The summed E-state index contributed by atoms with van der Waals surface area (Å²) in [6.45, 7) is 8.02. The Hall–Kier alpha value is -0.440. The molecule has 0 amide bonds. The second-order valence-electron chi connectivity index (χ2n) is 4.22. The number of aromatic hydroxyl groups is 1. The highest BCUT2D eigenvalue weighted by Crippen LogP contribution is 2.32. The molecule has 1 atom stereocenters. The predicted octanol–water partition coefficient (Wildman–Crippen LogP) is 4.32. The van der Waals surface area contributed by atoms with E-state index < -0.39 is 0 Å². The summed E-state index contributed by atoms with van der Waals surface area (Å²) in [5.41, 5.74) is 0.782. The average molecular weight is 276 g/mol. The van der Waals surface area contributed by atoms with E-state index in [2.05, 4.69) is 25.7 Å². The molecule has 0 bridgehead atoms. The van der Waals surface area contributed by atoms with Gasteiger partial charge in [0.25, 0.3) is 0 Å². The van der Waals surface area contributed by atoms with Crippen LogP contribution < -0.4 is 0 Å². The maximum absolute atomic E-state index is 9.90. The van der Waals surface area contributed by atoms with Crippen LogP contribution in [0.5, 0.6) is 5.75 Å². The van der Waals surface area contributed by atoms with Gasteiger partial charge in [0.15, 0.2) is 0 Å². The Labute approximate surface area is 113 Å². The van der Waals surface area contributed by atoms with Gasteiger partial charge in [-0.15, -0.1) is 0 Å². The molecule has 0 aliphatic rings. The van der Waals surface area contributed by atoms with E-state index in [-0.39, 0.29) is 5.75 Å². The average Bonchev–Trinajstić information content (AvgIpc) is 2.30. The highest BCUT2D eigenvalue weighted by atomic mass is 35.5. The number of rotatable bonds is 5. The first kappa shape index (κ1) is 14.6. The minimum atomic E-state index is 0.137. The Morgan fingerprint density at radius 2 is 1.94 bits per heavy atom. The summed E-state index contributed by atoms with van der Waals surface area (Å²) in [5.74, 6) is 0.137. The molecule has 0 aliphatic heterocycles. The highest BCUT2D eigenvalue weighted by Gasteiger charge is 2.14. The molecule has 2 nitrogen and oxygen atoms in total. The van der Waals surface area contributed by atoms with Gasteiger partial charge in [-0.25, -0.2) is 0 Å². The van der Waals surface area contributed by atoms with E-state index in [0.29, 0.717) is 22.6 Å². The fraction of sp³-hybridized carbons (Fsp3) is 0.538. The zero-order valence-corrected chi connectivity index (χ0v) is 12.0. The van der Waals surface area contributed by atoms with E-state index in [1.54, 1.807) is 12.1 Å². The molecule has 96 valence electrons. The molecule has 0 aliphatic carbocycles. The molecule has 0 saturated heterocycles. The SMILES string of the molecule is CCC(C)N(CC)Cc1cc(Cl)cc(Cl)c1O. The van der Waals surface area contributed by atoms with Crippen molar-refractivity contribution in [3.8, 4) is 5.75 Å². The van der Waals surface area contributed by atoms with Crippen molar-refractivity contribution in [2.75, 3.05) is 6.54 Å². The number of phenolic OH excluding ortho intramolecular Hbond substituents is 1. The van der Waals surface area contributed by atoms with Crippen LogP contribution in [-0.4, -0.2) is 22.6 Å². The minimum Gasteiger partial charge on any atom is -0.506 e. The molecule has 0 fully saturated rings. The zero-order valence-electron chi connectivity index (χ0n) is 10.5. The summed E-state index contributed by atoms with van der Waals surface area (Å²) >= 11 is 11.9. The van der Waals surface area contributed by atoms with Gasteiger partial charge in [0.2, 0.25) is 0 Å². The van der Waals surface area contributed by atoms with E-state index in [1.807, 2.05) is 0 Å². The van der Waals surface area contributed by atoms with Gasteiger partial charge in [-0.05, 0) is 32.0 Å². The molecule has 0 spiro atoms. The van der Waals surface area contributed by atoms with Crippen LogP contribution in [0.3, 0.4) is 0 Å². The normalized spacial score (nSPS) is 13.1. The van der Waals surface area contributed by atoms with Gasteiger partial charge in [0, 0.05) is 23.2 Å². The molecular weight excluding hydrogens is 257 g/mol. The van der Waals surface area contributed by atoms with E-state index in [1.165, 1.54) is 0 Å². The lowest BCUT2D eigenvalue weighted by molar-refractivity contribution is 0.204. The molecule has 1 rings (SSSR count). The minimum absolute atomic E-state index is 0.137. The Morgan fingerprint density at radius 1 is 1.29 bits per heavy atom. The smallest absolute Gasteiger partial charge is 0.138 e. The van der Waals surface area contributed by atoms with Gasteiger partial charge in [0.05, 0.1) is 5.02 Å². The number of halogens is 2. The van der Waals surface area contributed by atoms with Crippen molar-refractivity contribution in [1.29, 1.82) is 0 Å². The van der Waals surface area contributed by atoms with Crippen LogP contribution in [0.2, 0.25) is 10.0 Å². The Balaban J connectivity index is 2.93. The predicted molar refractivity (Wildman–Crippen MR) is 74.0 cm³/mol. The lowest BCUT2D eigenvalue weighted by Gasteiger charge is -2.27. The summed E-state index contributed by atoms with van der Waals surface area (Å²) < 4.78 is 0. The number of phenols is 1. The molecule has 1 aromatic rings. The van der Waals surface area contributed by atoms with Crippen LogP contribution in [0.1, 0.15) is 32.8 Å². The van der Waals surface area contributed by atoms with Crippen molar-refractivity contribution in [1.82, 2.24) is 4.90 Å². The monoisotopic (exact) mass is 275 g/mol. The van der Waals surface area contributed by atoms with Crippen molar-refractivity contribution in [3.63, 3.8) is 0 Å². The van der Waals surface area contributed by atoms with Gasteiger partial charge in [0.1, 0.15) is 5.75 Å². The van der Waals surface area contributed by atoms with Crippen LogP contribution in [0, 0.1) is 0 Å². The first-order valence-corrected chi connectivity index (χ1v) is 6.66. The lowest BCUT2D eigenvalue weighted by atomic mass is 10.1. The standard InChI is InChI=1S/C13H19Cl2NO/c1-4-9(3)16(5-2)8-10-6-11(14)7-12(15)13(10)17/h6-7,9,17H,4-5,8H2,1-3H3. The molecule has 17 heavy (non-hydrogen) atoms. The second-order valence-corrected chi connectivity index (χ2v) is 5.06. The Bertz CT molecular complexity index is 382. The molecule has 1 N–H and O–H groups in total. The van der Waals surface area contributed by atoms with Crippen LogP contribution in [0.15, 0.2) is 12.1 Å². The maximum Gasteiger partial charge on any atom is 0.138 e. The van der Waals surface area contributed by atoms with Gasteiger partial charge >= 0.3 is 0 Å². The van der Waals surface area contributed by atoms with Gasteiger partial charge < -0.3 is 5.11 Å². The van der Waals surface area contributed by atoms with Gasteiger partial charge in [-0.2, -0.15) is 0 Å². The topological polar surface area (TPSA) is 23.5 Å². The van der Waals surface area contributed by atoms with E-state index >= 15 is 0 Å². The van der Waals surface area contributed by atoms with Crippen molar-refractivity contribution >= 4 is 23.2 Å². The maximum atomic E-state index is 9.90. The highest BCUT2D eigenvalue weighted by molar-refractivity contribution is 6.35. The molecule has 0 heterocycles. The van der Waals surface area contributed by atoms with Crippen molar-refractivity contribution in [2.24, 2.45) is 0 Å². The quantitative estimate of drug-likeness (QED) is 0.865. The summed E-state index contributed by atoms with van der Waals surface area (Å²) in [6, 6.07) is 3.80. The Morgan fingerprint density at radius 3 is 2.47 bits per heavy atom.